The van der Waals surface area contributed by atoms with Crippen LogP contribution in [0.1, 0.15) is 60.3 Å². The molecule has 0 unspecified atom stereocenters. The lowest BCUT2D eigenvalue weighted by Gasteiger charge is -2.48. The first-order chi connectivity index (χ1) is 17.7. The van der Waals surface area contributed by atoms with Gasteiger partial charge in [0.05, 0.1) is 21.4 Å². The number of nitrogens with zero attached hydrogens (tertiary/aromatic N) is 3. The largest absolute Gasteiger partial charge is 0.367 e. The number of anilines is 2. The summed E-state index contributed by atoms with van der Waals surface area (Å²) in [5.74, 6) is 0.988. The van der Waals surface area contributed by atoms with Crippen molar-refractivity contribution in [1.82, 2.24) is 14.6 Å². The number of sulfonamides is 1. The summed E-state index contributed by atoms with van der Waals surface area (Å²) in [5.41, 5.74) is 0.247. The van der Waals surface area contributed by atoms with Gasteiger partial charge in [0.2, 0.25) is 21.8 Å². The molecular formula is C28H37N5O4S. The molecule has 1 saturated heterocycles. The third-order valence-electron chi connectivity index (χ3n) is 8.83. The van der Waals surface area contributed by atoms with Gasteiger partial charge in [-0.25, -0.2) is 18.1 Å². The molecule has 1 aromatic carbocycles. The Morgan fingerprint density at radius 1 is 1.08 bits per heavy atom. The molecular weight excluding hydrogens is 502 g/mol. The highest BCUT2D eigenvalue weighted by Gasteiger charge is 2.74. The highest BCUT2D eigenvalue weighted by atomic mass is 32.2. The van der Waals surface area contributed by atoms with Crippen LogP contribution in [0.15, 0.2) is 29.2 Å². The molecule has 6 rings (SSSR count). The van der Waals surface area contributed by atoms with Crippen molar-refractivity contribution < 1.29 is 18.0 Å². The quantitative estimate of drug-likeness (QED) is 0.557. The molecule has 204 valence electrons. The number of piperazine rings is 1. The van der Waals surface area contributed by atoms with Crippen LogP contribution in [0.4, 0.5) is 11.5 Å². The van der Waals surface area contributed by atoms with Crippen LogP contribution in [0.2, 0.25) is 0 Å². The van der Waals surface area contributed by atoms with Crippen molar-refractivity contribution in [1.29, 1.82) is 0 Å². The molecule has 4 fully saturated rings. The summed E-state index contributed by atoms with van der Waals surface area (Å²) in [6.45, 7) is 11.5. The molecule has 2 aromatic rings. The Balaban J connectivity index is 1.38. The van der Waals surface area contributed by atoms with Gasteiger partial charge >= 0.3 is 0 Å². The van der Waals surface area contributed by atoms with Gasteiger partial charge < -0.3 is 15.1 Å². The lowest BCUT2D eigenvalue weighted by Crippen LogP contribution is -2.62. The van der Waals surface area contributed by atoms with Gasteiger partial charge in [0.1, 0.15) is 5.82 Å². The average molecular weight is 540 g/mol. The molecule has 0 radical (unpaired) electrons. The van der Waals surface area contributed by atoms with Crippen LogP contribution >= 0.6 is 0 Å². The second-order valence-electron chi connectivity index (χ2n) is 13.0. The van der Waals surface area contributed by atoms with Crippen molar-refractivity contribution >= 4 is 44.2 Å². The monoisotopic (exact) mass is 539 g/mol. The van der Waals surface area contributed by atoms with E-state index in [0.717, 1.165) is 36.8 Å². The third kappa shape index (κ3) is 4.35. The lowest BCUT2D eigenvalue weighted by atomic mass is 9.95. The van der Waals surface area contributed by atoms with E-state index in [1.165, 1.54) is 0 Å². The fraction of sp³-hybridized carbons (Fsp3) is 0.607. The van der Waals surface area contributed by atoms with Crippen LogP contribution in [-0.2, 0) is 19.6 Å². The van der Waals surface area contributed by atoms with Gasteiger partial charge in [-0.3, -0.25) is 9.59 Å². The van der Waals surface area contributed by atoms with Gasteiger partial charge in [0.15, 0.2) is 0 Å². The second-order valence-corrected chi connectivity index (χ2v) is 14.6. The number of hydrogen-bond acceptors (Lipinski definition) is 6. The normalized spacial score (nSPS) is 26.7. The molecule has 0 atom stereocenters. The Labute approximate surface area is 224 Å². The number of rotatable bonds is 7. The molecule has 10 heteroatoms. The minimum Gasteiger partial charge on any atom is -0.367 e. The van der Waals surface area contributed by atoms with E-state index in [-0.39, 0.29) is 28.0 Å². The van der Waals surface area contributed by atoms with E-state index in [2.05, 4.69) is 14.9 Å². The number of aromatic nitrogens is 1. The van der Waals surface area contributed by atoms with Gasteiger partial charge in [-0.2, -0.15) is 0 Å². The van der Waals surface area contributed by atoms with Crippen LogP contribution in [0.25, 0.3) is 10.9 Å². The molecule has 0 bridgehead atoms. The molecule has 1 aromatic heterocycles. The molecule has 0 spiro atoms. The van der Waals surface area contributed by atoms with Gasteiger partial charge in [0, 0.05) is 42.2 Å². The minimum atomic E-state index is -3.78. The maximum atomic E-state index is 13.4. The molecule has 2 N–H and O–H groups in total. The van der Waals surface area contributed by atoms with Crippen molar-refractivity contribution in [3.05, 3.63) is 24.3 Å². The lowest BCUT2D eigenvalue weighted by molar-refractivity contribution is -0.140. The van der Waals surface area contributed by atoms with Gasteiger partial charge in [-0.05, 0) is 76.6 Å². The number of amides is 2. The molecule has 2 amide bonds. The first-order valence-electron chi connectivity index (χ1n) is 13.6. The fourth-order valence-electron chi connectivity index (χ4n) is 5.74. The van der Waals surface area contributed by atoms with Crippen LogP contribution < -0.4 is 14.9 Å². The first kappa shape index (κ1) is 25.6. The zero-order valence-corrected chi connectivity index (χ0v) is 23.6. The number of nitrogens with one attached hydrogen (secondary N) is 2. The van der Waals surface area contributed by atoms with E-state index in [1.54, 1.807) is 18.2 Å². The van der Waals surface area contributed by atoms with E-state index in [0.29, 0.717) is 36.9 Å². The van der Waals surface area contributed by atoms with Crippen LogP contribution in [0, 0.1) is 17.3 Å². The highest BCUT2D eigenvalue weighted by Crippen LogP contribution is 2.75. The summed E-state index contributed by atoms with van der Waals surface area (Å²) in [4.78, 5) is 34.5. The zero-order chi connectivity index (χ0) is 27.3. The summed E-state index contributed by atoms with van der Waals surface area (Å²) in [6, 6.07) is 7.03. The fourth-order valence-corrected chi connectivity index (χ4v) is 7.25. The Morgan fingerprint density at radius 2 is 1.76 bits per heavy atom. The summed E-state index contributed by atoms with van der Waals surface area (Å²) < 4.78 is 29.7. The van der Waals surface area contributed by atoms with E-state index in [4.69, 9.17) is 4.98 Å². The SMILES string of the molecule is CC(C)C(=O)N1CCN(c2cc(S(=O)(=O)NC3(C)CC3)cc3nc(NC(=O)C45CC4C5)ccc23)CC1(C)C. The molecule has 38 heavy (non-hydrogen) atoms. The zero-order valence-electron chi connectivity index (χ0n) is 22.8. The molecule has 2 heterocycles. The first-order valence-corrected chi connectivity index (χ1v) is 15.1. The summed E-state index contributed by atoms with van der Waals surface area (Å²) in [7, 11) is -3.78. The Bertz CT molecular complexity index is 1460. The van der Waals surface area contributed by atoms with Gasteiger partial charge in [0.25, 0.3) is 0 Å². The number of benzene rings is 1. The number of pyridine rings is 1. The van der Waals surface area contributed by atoms with Gasteiger partial charge in [-0.1, -0.05) is 13.8 Å². The standard InChI is InChI=1S/C28H37N5O4S/c1-17(2)24(34)33-11-10-32(16-26(33,3)4)22-13-19(38(36,37)31-27(5)8-9-27)12-21-20(22)6-7-23(29-21)30-25(35)28-14-18(28)15-28/h6-7,12-13,17-18,31H,8-11,14-16H2,1-5H3,(H,29,30,35). The van der Waals surface area contributed by atoms with Crippen molar-refractivity contribution in [2.45, 2.75) is 76.3 Å². The number of carbonyl (C=O) groups is 2. The Hall–Kier alpha value is -2.72. The van der Waals surface area contributed by atoms with E-state index < -0.39 is 21.1 Å². The number of hydrogen-bond donors (Lipinski definition) is 2. The van der Waals surface area contributed by atoms with E-state index in [9.17, 15) is 18.0 Å². The minimum absolute atomic E-state index is 0.00867. The van der Waals surface area contributed by atoms with Crippen LogP contribution in [0.5, 0.6) is 0 Å². The molecule has 3 aliphatic carbocycles. The molecule has 9 nitrogen and oxygen atoms in total. The smallest absolute Gasteiger partial charge is 0.241 e. The van der Waals surface area contributed by atoms with Crippen LogP contribution in [-0.4, -0.2) is 60.8 Å². The van der Waals surface area contributed by atoms with Gasteiger partial charge in [-0.15, -0.1) is 0 Å². The van der Waals surface area contributed by atoms with Crippen molar-refractivity contribution in [3.8, 4) is 0 Å². The predicted molar refractivity (Wildman–Crippen MR) is 146 cm³/mol. The Morgan fingerprint density at radius 3 is 2.34 bits per heavy atom. The molecule has 4 aliphatic rings. The maximum absolute atomic E-state index is 13.4. The molecule has 1 aliphatic heterocycles. The van der Waals surface area contributed by atoms with Crippen molar-refractivity contribution in [3.63, 3.8) is 0 Å². The highest BCUT2D eigenvalue weighted by molar-refractivity contribution is 7.89. The summed E-state index contributed by atoms with van der Waals surface area (Å²) >= 11 is 0. The van der Waals surface area contributed by atoms with E-state index >= 15 is 0 Å². The second kappa shape index (κ2) is 8.14. The maximum Gasteiger partial charge on any atom is 0.241 e. The predicted octanol–water partition coefficient (Wildman–Crippen LogP) is 3.50. The van der Waals surface area contributed by atoms with Crippen molar-refractivity contribution in [2.75, 3.05) is 29.9 Å². The number of fused-ring (bicyclic) bond motifs is 2. The van der Waals surface area contributed by atoms with E-state index in [1.807, 2.05) is 45.6 Å². The summed E-state index contributed by atoms with van der Waals surface area (Å²) in [6.07, 6.45) is 3.52. The van der Waals surface area contributed by atoms with Crippen molar-refractivity contribution in [2.24, 2.45) is 17.3 Å². The third-order valence-corrected chi connectivity index (χ3v) is 10.4. The topological polar surface area (TPSA) is 112 Å². The average Bonchev–Trinajstić information content (AvgIpc) is 3.74. The Kier molecular flexibility index (Phi) is 5.48. The van der Waals surface area contributed by atoms with Crippen LogP contribution in [0.3, 0.4) is 0 Å². The molecule has 3 saturated carbocycles. The number of carbonyl (C=O) groups excluding carboxylic acids is 2. The summed E-state index contributed by atoms with van der Waals surface area (Å²) in [5, 5.41) is 3.77.